The van der Waals surface area contributed by atoms with Crippen LogP contribution < -0.4 is 10.6 Å². The third kappa shape index (κ3) is 3.88. The number of hydrogen-bond donors (Lipinski definition) is 2. The van der Waals surface area contributed by atoms with Gasteiger partial charge in [-0.2, -0.15) is 0 Å². The second kappa shape index (κ2) is 7.53. The largest absolute Gasteiger partial charge is 0.381 e. The number of nitrogens with zero attached hydrogens (tertiary/aromatic N) is 1. The SMILES string of the molecule is CC(=O)Nc1cccc(CN=C2Nc3ccccc3CC23CCOCC3)c1. The molecule has 27 heavy (non-hydrogen) atoms. The van der Waals surface area contributed by atoms with Crippen molar-refractivity contribution < 1.29 is 9.53 Å². The summed E-state index contributed by atoms with van der Waals surface area (Å²) in [4.78, 5) is 16.3. The van der Waals surface area contributed by atoms with Gasteiger partial charge in [-0.25, -0.2) is 0 Å². The molecule has 1 saturated heterocycles. The predicted octanol–water partition coefficient (Wildman–Crippen LogP) is 4.01. The van der Waals surface area contributed by atoms with Crippen LogP contribution in [0.25, 0.3) is 0 Å². The van der Waals surface area contributed by atoms with E-state index in [1.807, 2.05) is 24.3 Å². The van der Waals surface area contributed by atoms with Gasteiger partial charge in [0.05, 0.1) is 6.54 Å². The van der Waals surface area contributed by atoms with E-state index in [-0.39, 0.29) is 11.3 Å². The topological polar surface area (TPSA) is 62.7 Å². The van der Waals surface area contributed by atoms with Crippen LogP contribution in [0.3, 0.4) is 0 Å². The second-order valence-electron chi connectivity index (χ2n) is 7.40. The van der Waals surface area contributed by atoms with Gasteiger partial charge in [0.25, 0.3) is 0 Å². The zero-order chi connectivity index (χ0) is 18.7. The number of para-hydroxylation sites is 1. The number of fused-ring (bicyclic) bond motifs is 1. The predicted molar refractivity (Wildman–Crippen MR) is 108 cm³/mol. The minimum absolute atomic E-state index is 0.0296. The zero-order valence-electron chi connectivity index (χ0n) is 15.6. The number of amidine groups is 1. The van der Waals surface area contributed by atoms with Crippen LogP contribution in [-0.2, 0) is 22.5 Å². The molecule has 2 aliphatic heterocycles. The Morgan fingerprint density at radius 1 is 1.19 bits per heavy atom. The highest BCUT2D eigenvalue weighted by molar-refractivity contribution is 6.02. The van der Waals surface area contributed by atoms with Gasteiger partial charge < -0.3 is 15.4 Å². The number of aliphatic imine (C=N–C) groups is 1. The number of nitrogens with one attached hydrogen (secondary N) is 2. The summed E-state index contributed by atoms with van der Waals surface area (Å²) in [5, 5.41) is 6.43. The average molecular weight is 363 g/mol. The summed E-state index contributed by atoms with van der Waals surface area (Å²) in [5.74, 6) is 1.000. The van der Waals surface area contributed by atoms with Crippen molar-refractivity contribution in [3.63, 3.8) is 0 Å². The van der Waals surface area contributed by atoms with Gasteiger partial charge in [-0.15, -0.1) is 0 Å². The van der Waals surface area contributed by atoms with Crippen LogP contribution in [-0.4, -0.2) is 25.0 Å². The maximum atomic E-state index is 11.3. The lowest BCUT2D eigenvalue weighted by atomic mass is 9.71. The van der Waals surface area contributed by atoms with E-state index in [4.69, 9.17) is 9.73 Å². The molecule has 2 N–H and O–H groups in total. The summed E-state index contributed by atoms with van der Waals surface area (Å²) in [5.41, 5.74) is 4.42. The first kappa shape index (κ1) is 17.7. The molecule has 2 heterocycles. The Balaban J connectivity index is 1.61. The van der Waals surface area contributed by atoms with Gasteiger partial charge in [-0.1, -0.05) is 30.3 Å². The van der Waals surface area contributed by atoms with Crippen molar-refractivity contribution in [3.8, 4) is 0 Å². The number of amides is 1. The molecule has 140 valence electrons. The molecule has 5 nitrogen and oxygen atoms in total. The molecule has 2 aromatic carbocycles. The number of carbonyl (C=O) groups is 1. The highest BCUT2D eigenvalue weighted by Gasteiger charge is 2.41. The van der Waals surface area contributed by atoms with Gasteiger partial charge in [0.15, 0.2) is 0 Å². The molecule has 1 spiro atoms. The molecule has 1 fully saturated rings. The molecule has 0 atom stereocenters. The van der Waals surface area contributed by atoms with E-state index < -0.39 is 0 Å². The quantitative estimate of drug-likeness (QED) is 0.866. The lowest BCUT2D eigenvalue weighted by Crippen LogP contribution is -2.45. The Morgan fingerprint density at radius 2 is 2.00 bits per heavy atom. The van der Waals surface area contributed by atoms with Gasteiger partial charge >= 0.3 is 0 Å². The number of anilines is 2. The number of benzene rings is 2. The first-order valence-electron chi connectivity index (χ1n) is 9.49. The summed E-state index contributed by atoms with van der Waals surface area (Å²) in [6, 6.07) is 16.4. The fourth-order valence-corrected chi connectivity index (χ4v) is 4.01. The molecule has 0 saturated carbocycles. The number of carbonyl (C=O) groups excluding carboxylic acids is 1. The van der Waals surface area contributed by atoms with Crippen molar-refractivity contribution in [2.24, 2.45) is 10.4 Å². The summed E-state index contributed by atoms with van der Waals surface area (Å²) >= 11 is 0. The number of rotatable bonds is 3. The van der Waals surface area contributed by atoms with Crippen molar-refractivity contribution in [2.75, 3.05) is 23.8 Å². The smallest absolute Gasteiger partial charge is 0.221 e. The van der Waals surface area contributed by atoms with Crippen molar-refractivity contribution in [1.82, 2.24) is 0 Å². The Morgan fingerprint density at radius 3 is 2.81 bits per heavy atom. The van der Waals surface area contributed by atoms with Crippen LogP contribution >= 0.6 is 0 Å². The summed E-state index contributed by atoms with van der Waals surface area (Å²) in [6.45, 7) is 3.66. The third-order valence-electron chi connectivity index (χ3n) is 5.42. The van der Waals surface area contributed by atoms with Gasteiger partial charge in [0.2, 0.25) is 5.91 Å². The molecule has 0 bridgehead atoms. The lowest BCUT2D eigenvalue weighted by molar-refractivity contribution is -0.114. The maximum absolute atomic E-state index is 11.3. The Hall–Kier alpha value is -2.66. The first-order valence-corrected chi connectivity index (χ1v) is 9.49. The van der Waals surface area contributed by atoms with Gasteiger partial charge in [-0.3, -0.25) is 9.79 Å². The average Bonchev–Trinajstić information content (AvgIpc) is 2.67. The molecule has 2 aromatic rings. The van der Waals surface area contributed by atoms with E-state index in [2.05, 4.69) is 34.9 Å². The number of hydrogen-bond acceptors (Lipinski definition) is 3. The standard InChI is InChI=1S/C22H25N3O2/c1-16(26)24-19-7-4-5-17(13-19)15-23-21-22(9-11-27-12-10-22)14-18-6-2-3-8-20(18)25-21/h2-8,13H,9-12,14-15H2,1H3,(H,23,25)(H,24,26). The van der Waals surface area contributed by atoms with Crippen molar-refractivity contribution >= 4 is 23.1 Å². The highest BCUT2D eigenvalue weighted by atomic mass is 16.5. The molecule has 2 aliphatic rings. The van der Waals surface area contributed by atoms with Crippen molar-refractivity contribution in [2.45, 2.75) is 32.7 Å². The Kier molecular flexibility index (Phi) is 4.94. The van der Waals surface area contributed by atoms with Crippen molar-refractivity contribution in [3.05, 3.63) is 59.7 Å². The number of ether oxygens (including phenoxy) is 1. The molecular weight excluding hydrogens is 338 g/mol. The van der Waals surface area contributed by atoms with Gasteiger partial charge in [0, 0.05) is 36.9 Å². The van der Waals surface area contributed by atoms with E-state index in [0.717, 1.165) is 55.3 Å². The highest BCUT2D eigenvalue weighted by Crippen LogP contribution is 2.41. The first-order chi connectivity index (χ1) is 13.1. The summed E-state index contributed by atoms with van der Waals surface area (Å²) < 4.78 is 5.63. The Labute approximate surface area is 159 Å². The zero-order valence-corrected chi connectivity index (χ0v) is 15.6. The lowest BCUT2D eigenvalue weighted by Gasteiger charge is -2.42. The fourth-order valence-electron chi connectivity index (χ4n) is 4.01. The van der Waals surface area contributed by atoms with Crippen LogP contribution in [0.1, 0.15) is 30.9 Å². The van der Waals surface area contributed by atoms with Crippen LogP contribution in [0.5, 0.6) is 0 Å². The normalized spacial score (nSPS) is 19.4. The third-order valence-corrected chi connectivity index (χ3v) is 5.42. The maximum Gasteiger partial charge on any atom is 0.221 e. The fraction of sp³-hybridized carbons (Fsp3) is 0.364. The molecule has 0 aliphatic carbocycles. The molecule has 0 radical (unpaired) electrons. The van der Waals surface area contributed by atoms with Crippen molar-refractivity contribution in [1.29, 1.82) is 0 Å². The second-order valence-corrected chi connectivity index (χ2v) is 7.40. The molecular formula is C22H25N3O2. The summed E-state index contributed by atoms with van der Waals surface area (Å²) in [7, 11) is 0. The molecule has 5 heteroatoms. The minimum atomic E-state index is -0.0647. The summed E-state index contributed by atoms with van der Waals surface area (Å²) in [6.07, 6.45) is 2.97. The Bertz CT molecular complexity index is 869. The van der Waals surface area contributed by atoms with Crippen LogP contribution in [0, 0.1) is 5.41 Å². The van der Waals surface area contributed by atoms with Crippen LogP contribution in [0.2, 0.25) is 0 Å². The van der Waals surface area contributed by atoms with E-state index in [1.54, 1.807) is 0 Å². The van der Waals surface area contributed by atoms with E-state index >= 15 is 0 Å². The molecule has 1 amide bonds. The molecule has 0 unspecified atom stereocenters. The minimum Gasteiger partial charge on any atom is -0.381 e. The van der Waals surface area contributed by atoms with E-state index in [0.29, 0.717) is 6.54 Å². The van der Waals surface area contributed by atoms with Crippen LogP contribution in [0.15, 0.2) is 53.5 Å². The van der Waals surface area contributed by atoms with Crippen LogP contribution in [0.4, 0.5) is 11.4 Å². The van der Waals surface area contributed by atoms with Gasteiger partial charge in [-0.05, 0) is 48.6 Å². The monoisotopic (exact) mass is 363 g/mol. The molecule has 0 aromatic heterocycles. The van der Waals surface area contributed by atoms with E-state index in [1.165, 1.54) is 12.5 Å². The van der Waals surface area contributed by atoms with Gasteiger partial charge in [0.1, 0.15) is 5.84 Å². The molecule has 4 rings (SSSR count). The van der Waals surface area contributed by atoms with E-state index in [9.17, 15) is 4.79 Å².